The molecule has 6 rings (SSSR count). The number of aliphatic carboxylic acids is 1. The van der Waals surface area contributed by atoms with Crippen LogP contribution in [-0.4, -0.2) is 44.1 Å². The smallest absolute Gasteiger partial charge is 0.313 e. The number of aryl methyl sites for hydroxylation is 4. The minimum absolute atomic E-state index is 0.297. The monoisotopic (exact) mass is 770 g/mol. The number of halogens is 2. The van der Waals surface area contributed by atoms with Crippen molar-refractivity contribution in [3.63, 3.8) is 0 Å². The maximum absolute atomic E-state index is 14.9. The maximum Gasteiger partial charge on any atom is 0.313 e. The first-order valence-corrected chi connectivity index (χ1v) is 19.1. The van der Waals surface area contributed by atoms with Gasteiger partial charge in [-0.25, -0.2) is 28.7 Å². The van der Waals surface area contributed by atoms with E-state index in [2.05, 4.69) is 15.0 Å². The first-order chi connectivity index (χ1) is 27.4. The largest absolute Gasteiger partial charge is 0.481 e. The van der Waals surface area contributed by atoms with Crippen LogP contribution < -0.4 is 0 Å². The van der Waals surface area contributed by atoms with Gasteiger partial charge in [-0.1, -0.05) is 99.5 Å². The molecule has 1 N–H and O–H groups in total. The zero-order chi connectivity index (χ0) is 41.2. The Balaban J connectivity index is 0.000000218. The van der Waals surface area contributed by atoms with E-state index in [-0.39, 0.29) is 11.8 Å². The second kappa shape index (κ2) is 19.1. The van der Waals surface area contributed by atoms with Gasteiger partial charge in [0.15, 0.2) is 11.6 Å². The molecular formula is C47H48F2N4O4. The van der Waals surface area contributed by atoms with Crippen LogP contribution in [0.2, 0.25) is 0 Å². The molecule has 2 aromatic heterocycles. The van der Waals surface area contributed by atoms with E-state index in [1.807, 2.05) is 101 Å². The van der Waals surface area contributed by atoms with Crippen LogP contribution in [-0.2, 0) is 14.3 Å². The van der Waals surface area contributed by atoms with Crippen LogP contribution >= 0.6 is 0 Å². The predicted molar refractivity (Wildman–Crippen MR) is 220 cm³/mol. The molecule has 4 aromatic carbocycles. The number of rotatable bonds is 12. The van der Waals surface area contributed by atoms with Gasteiger partial charge in [0.2, 0.25) is 0 Å². The SMILES string of the molecule is CCCC(C(=O)O)c1c(C)nc(-c2ccccc2)nc1-c1ccc(C)cc1F.CCCC(C(=O)OC)c1c(C)nc(-c2ccccc2)nc1-c1ccc(C)cc1F. The van der Waals surface area contributed by atoms with E-state index in [0.29, 0.717) is 75.9 Å². The predicted octanol–water partition coefficient (Wildman–Crippen LogP) is 11.2. The number of carbonyl (C=O) groups excluding carboxylic acids is 1. The van der Waals surface area contributed by atoms with Crippen molar-refractivity contribution in [3.8, 4) is 45.3 Å². The second-order valence-electron chi connectivity index (χ2n) is 14.0. The first-order valence-electron chi connectivity index (χ1n) is 19.1. The standard InChI is InChI=1S/C24H25FN2O2.C23H23FN2O2/c1-5-9-19(24(28)29-4)21-16(3)26-23(17-10-7-6-8-11-17)27-22(21)18-13-12-15(2)14-20(18)25;1-4-8-18(23(27)28)20-15(3)25-22(16-9-6-5-7-10-16)26-21(20)17-12-11-14(2)13-19(17)24/h6-8,10-14,19H,5,9H2,1-4H3;5-7,9-13,18H,4,8H2,1-3H3,(H,27,28). The molecular weight excluding hydrogens is 723 g/mol. The lowest BCUT2D eigenvalue weighted by Crippen LogP contribution is -2.18. The molecule has 10 heteroatoms. The number of esters is 1. The van der Waals surface area contributed by atoms with Crippen molar-refractivity contribution in [2.24, 2.45) is 0 Å². The highest BCUT2D eigenvalue weighted by Crippen LogP contribution is 2.38. The molecule has 0 fully saturated rings. The Morgan fingerprint density at radius 3 is 1.39 bits per heavy atom. The number of carboxylic acid groups (broad SMARTS) is 1. The summed E-state index contributed by atoms with van der Waals surface area (Å²) >= 11 is 0. The fourth-order valence-electron chi connectivity index (χ4n) is 6.96. The fraction of sp³-hybridized carbons (Fsp3) is 0.277. The van der Waals surface area contributed by atoms with Crippen molar-refractivity contribution in [2.75, 3.05) is 7.11 Å². The molecule has 0 saturated carbocycles. The minimum Gasteiger partial charge on any atom is -0.481 e. The van der Waals surface area contributed by atoms with Crippen molar-refractivity contribution >= 4 is 11.9 Å². The van der Waals surface area contributed by atoms with Gasteiger partial charge >= 0.3 is 11.9 Å². The fourth-order valence-corrected chi connectivity index (χ4v) is 6.96. The Morgan fingerprint density at radius 2 is 1.02 bits per heavy atom. The van der Waals surface area contributed by atoms with Gasteiger partial charge in [-0.2, -0.15) is 0 Å². The molecule has 0 aliphatic carbocycles. The molecule has 2 atom stereocenters. The van der Waals surface area contributed by atoms with Crippen molar-refractivity contribution in [1.82, 2.24) is 19.9 Å². The maximum atomic E-state index is 14.9. The van der Waals surface area contributed by atoms with Crippen LogP contribution in [0.3, 0.4) is 0 Å². The van der Waals surface area contributed by atoms with Crippen LogP contribution in [0.15, 0.2) is 97.1 Å². The van der Waals surface area contributed by atoms with Crippen molar-refractivity contribution < 1.29 is 28.2 Å². The highest BCUT2D eigenvalue weighted by Gasteiger charge is 2.30. The third kappa shape index (κ3) is 9.81. The molecule has 0 aliphatic heterocycles. The highest BCUT2D eigenvalue weighted by molar-refractivity contribution is 5.83. The third-order valence-corrected chi connectivity index (χ3v) is 9.73. The van der Waals surface area contributed by atoms with Gasteiger partial charge in [0.25, 0.3) is 0 Å². The van der Waals surface area contributed by atoms with Crippen LogP contribution in [0.25, 0.3) is 45.3 Å². The van der Waals surface area contributed by atoms with E-state index in [1.54, 1.807) is 25.1 Å². The van der Waals surface area contributed by atoms with E-state index >= 15 is 0 Å². The van der Waals surface area contributed by atoms with Crippen LogP contribution in [0.4, 0.5) is 8.78 Å². The number of carbonyl (C=O) groups is 2. The summed E-state index contributed by atoms with van der Waals surface area (Å²) in [5.74, 6) is -2.48. The Kier molecular flexibility index (Phi) is 14.1. The van der Waals surface area contributed by atoms with E-state index in [9.17, 15) is 23.5 Å². The molecule has 2 heterocycles. The number of methoxy groups -OCH3 is 1. The van der Waals surface area contributed by atoms with Gasteiger partial charge in [-0.15, -0.1) is 0 Å². The minimum atomic E-state index is -0.949. The normalized spacial score (nSPS) is 11.9. The Bertz CT molecular complexity index is 2350. The van der Waals surface area contributed by atoms with Crippen molar-refractivity contribution in [2.45, 2.75) is 79.1 Å². The Hall–Kier alpha value is -6.16. The summed E-state index contributed by atoms with van der Waals surface area (Å²) in [6, 6.07) is 28.9. The molecule has 0 bridgehead atoms. The average molecular weight is 771 g/mol. The van der Waals surface area contributed by atoms with Gasteiger partial charge in [0.1, 0.15) is 11.6 Å². The topological polar surface area (TPSA) is 115 Å². The number of nitrogens with zero attached hydrogens (tertiary/aromatic N) is 4. The van der Waals surface area contributed by atoms with Gasteiger partial charge in [-0.05, 0) is 75.9 Å². The van der Waals surface area contributed by atoms with Gasteiger partial charge in [-0.3, -0.25) is 9.59 Å². The zero-order valence-electron chi connectivity index (χ0n) is 33.4. The number of hydrogen-bond acceptors (Lipinski definition) is 7. The lowest BCUT2D eigenvalue weighted by molar-refractivity contribution is -0.142. The summed E-state index contributed by atoms with van der Waals surface area (Å²) in [5.41, 5.74) is 7.01. The van der Waals surface area contributed by atoms with Gasteiger partial charge in [0, 0.05) is 44.8 Å². The Morgan fingerprint density at radius 1 is 0.614 bits per heavy atom. The summed E-state index contributed by atoms with van der Waals surface area (Å²) in [4.78, 5) is 43.1. The second-order valence-corrected chi connectivity index (χ2v) is 14.0. The van der Waals surface area contributed by atoms with E-state index in [0.717, 1.165) is 28.7 Å². The van der Waals surface area contributed by atoms with E-state index < -0.39 is 23.6 Å². The molecule has 2 unspecified atom stereocenters. The summed E-state index contributed by atoms with van der Waals surface area (Å²) < 4.78 is 34.8. The van der Waals surface area contributed by atoms with Gasteiger partial charge < -0.3 is 9.84 Å². The molecule has 294 valence electrons. The number of carboxylic acids is 1. The van der Waals surface area contributed by atoms with E-state index in [1.165, 1.54) is 19.2 Å². The highest BCUT2D eigenvalue weighted by atomic mass is 19.1. The molecule has 0 amide bonds. The quantitative estimate of drug-likeness (QED) is 0.122. The molecule has 8 nitrogen and oxygen atoms in total. The zero-order valence-corrected chi connectivity index (χ0v) is 33.4. The summed E-state index contributed by atoms with van der Waals surface area (Å²) in [7, 11) is 1.37. The number of ether oxygens (including phenoxy) is 1. The number of aromatic nitrogens is 4. The van der Waals surface area contributed by atoms with Crippen molar-refractivity contribution in [3.05, 3.63) is 142 Å². The molecule has 0 radical (unpaired) electrons. The third-order valence-electron chi connectivity index (χ3n) is 9.73. The van der Waals surface area contributed by atoms with Crippen LogP contribution in [0, 0.1) is 39.3 Å². The van der Waals surface area contributed by atoms with Crippen molar-refractivity contribution in [1.29, 1.82) is 0 Å². The van der Waals surface area contributed by atoms with E-state index in [4.69, 9.17) is 9.72 Å². The average Bonchev–Trinajstić information content (AvgIpc) is 3.19. The summed E-state index contributed by atoms with van der Waals surface area (Å²) in [5, 5.41) is 9.80. The molecule has 0 spiro atoms. The van der Waals surface area contributed by atoms with Gasteiger partial charge in [0.05, 0.1) is 30.3 Å². The number of benzene rings is 4. The molecule has 57 heavy (non-hydrogen) atoms. The molecule has 0 aliphatic rings. The van der Waals surface area contributed by atoms with Crippen LogP contribution in [0.5, 0.6) is 0 Å². The summed E-state index contributed by atoms with van der Waals surface area (Å²) in [6.45, 7) is 11.2. The molecule has 6 aromatic rings. The summed E-state index contributed by atoms with van der Waals surface area (Å²) in [6.07, 6.45) is 2.47. The first kappa shape index (κ1) is 42.0. The number of hydrogen-bond donors (Lipinski definition) is 1. The lowest BCUT2D eigenvalue weighted by atomic mass is 9.89. The Labute approximate surface area is 333 Å². The lowest BCUT2D eigenvalue weighted by Gasteiger charge is -2.21. The van der Waals surface area contributed by atoms with Crippen LogP contribution in [0.1, 0.15) is 85.0 Å². The molecule has 0 saturated heterocycles.